The summed E-state index contributed by atoms with van der Waals surface area (Å²) in [5.74, 6) is 0. The van der Waals surface area contributed by atoms with Gasteiger partial charge in [0.25, 0.3) is 0 Å². The Kier molecular flexibility index (Phi) is 4.15. The molecule has 1 aromatic heterocycles. The number of rotatable bonds is 0. The molecule has 0 atom stereocenters. The van der Waals surface area contributed by atoms with E-state index in [0.717, 1.165) is 0 Å². The van der Waals surface area contributed by atoms with Gasteiger partial charge in [-0.15, -0.1) is 11.8 Å². The van der Waals surface area contributed by atoms with Crippen LogP contribution in [0, 0.1) is 13.1 Å². The minimum Gasteiger partial charge on any atom is -0.408 e. The van der Waals surface area contributed by atoms with Crippen LogP contribution in [-0.4, -0.2) is 10.2 Å². The summed E-state index contributed by atoms with van der Waals surface area (Å²) >= 11 is 0. The van der Waals surface area contributed by atoms with Crippen molar-refractivity contribution in [1.82, 2.24) is 10.2 Å². The number of aryl methyl sites for hydroxylation is 1. The van der Waals surface area contributed by atoms with Gasteiger partial charge in [0.15, 0.2) is 0 Å². The van der Waals surface area contributed by atoms with E-state index >= 15 is 0 Å². The van der Waals surface area contributed by atoms with Gasteiger partial charge in [0, 0.05) is 0 Å². The number of aromatic amines is 2. The van der Waals surface area contributed by atoms with Crippen LogP contribution in [0.1, 0.15) is 5.56 Å². The minimum absolute atomic E-state index is 0. The molecular formula is C4H5N2ORb. The first-order chi connectivity index (χ1) is 3.30. The summed E-state index contributed by atoms with van der Waals surface area (Å²) in [5.41, 5.74) is 0.500. The van der Waals surface area contributed by atoms with E-state index < -0.39 is 0 Å². The summed E-state index contributed by atoms with van der Waals surface area (Å²) in [6.07, 6.45) is 2.58. The molecule has 2 N–H and O–H groups in total. The molecule has 4 heteroatoms. The molecule has 0 radical (unpaired) electrons. The molecule has 1 rings (SSSR count). The maximum Gasteiger partial charge on any atom is 1.00 e. The molecule has 1 aromatic rings. The molecule has 0 saturated heterocycles. The van der Waals surface area contributed by atoms with Crippen molar-refractivity contribution in [3.8, 4) is 0 Å². The van der Waals surface area contributed by atoms with Gasteiger partial charge in [0.1, 0.15) is 5.56 Å². The monoisotopic (exact) mass is 182 g/mol. The normalized spacial score (nSPS) is 8.12. The molecule has 0 saturated carbocycles. The first-order valence-electron chi connectivity index (χ1n) is 1.95. The summed E-state index contributed by atoms with van der Waals surface area (Å²) in [7, 11) is 0. The first kappa shape index (κ1) is 8.82. The van der Waals surface area contributed by atoms with Gasteiger partial charge < -0.3 is 15.0 Å². The second kappa shape index (κ2) is 3.77. The van der Waals surface area contributed by atoms with Gasteiger partial charge in [-0.2, -0.15) is 0 Å². The summed E-state index contributed by atoms with van der Waals surface area (Å²) in [5, 5.41) is 4.77. The van der Waals surface area contributed by atoms with Crippen LogP contribution in [0.3, 0.4) is 0 Å². The second-order valence-electron chi connectivity index (χ2n) is 1.33. The number of aromatic nitrogens is 2. The first-order valence-corrected chi connectivity index (χ1v) is 1.95. The van der Waals surface area contributed by atoms with E-state index in [9.17, 15) is 4.79 Å². The van der Waals surface area contributed by atoms with E-state index in [1.165, 1.54) is 0 Å². The van der Waals surface area contributed by atoms with Gasteiger partial charge in [0.2, 0.25) is 0 Å². The molecule has 0 aromatic carbocycles. The van der Waals surface area contributed by atoms with Crippen LogP contribution in [-0.2, 0) is 0 Å². The largest absolute Gasteiger partial charge is 1.00 e. The topological polar surface area (TPSA) is 48.6 Å². The average molecular weight is 183 g/mol. The molecule has 0 amide bonds. The van der Waals surface area contributed by atoms with Gasteiger partial charge >= 0.3 is 58.2 Å². The zero-order valence-corrected chi connectivity index (χ0v) is 9.82. The van der Waals surface area contributed by atoms with E-state index in [0.29, 0.717) is 5.56 Å². The van der Waals surface area contributed by atoms with Crippen LogP contribution in [0.2, 0.25) is 0 Å². The van der Waals surface area contributed by atoms with Crippen LogP contribution in [0.15, 0.2) is 4.79 Å². The molecule has 0 bridgehead atoms. The third-order valence-electron chi connectivity index (χ3n) is 0.767. The Balaban J connectivity index is 0.000000490. The Bertz CT molecular complexity index is 202. The van der Waals surface area contributed by atoms with E-state index in [2.05, 4.69) is 16.4 Å². The minimum atomic E-state index is -0.0972. The Morgan fingerprint density at radius 2 is 2.25 bits per heavy atom. The van der Waals surface area contributed by atoms with Crippen molar-refractivity contribution in [2.75, 3.05) is 0 Å². The van der Waals surface area contributed by atoms with Gasteiger partial charge in [-0.1, -0.05) is 6.92 Å². The summed E-state index contributed by atoms with van der Waals surface area (Å²) in [4.78, 5) is 10.3. The van der Waals surface area contributed by atoms with Crippen molar-refractivity contribution in [2.45, 2.75) is 6.92 Å². The molecule has 38 valence electrons. The van der Waals surface area contributed by atoms with Crippen molar-refractivity contribution < 1.29 is 58.2 Å². The van der Waals surface area contributed by atoms with Gasteiger partial charge in [-0.3, -0.25) is 0 Å². The Labute approximate surface area is 95.6 Å². The summed E-state index contributed by atoms with van der Waals surface area (Å²) in [6, 6.07) is 0. The van der Waals surface area contributed by atoms with Gasteiger partial charge in [-0.05, 0) is 0 Å². The van der Waals surface area contributed by atoms with E-state index in [-0.39, 0.29) is 63.7 Å². The standard InChI is InChI=1S/C4H5N2O.Rb/c1-3-2-5-6-4(3)7;/h1H3,(H2,5,6,7);/q-1;+1. The van der Waals surface area contributed by atoms with Crippen molar-refractivity contribution >= 4 is 0 Å². The van der Waals surface area contributed by atoms with Crippen LogP contribution in [0.5, 0.6) is 0 Å². The number of nitrogens with one attached hydrogen (secondary N) is 2. The molecule has 3 nitrogen and oxygen atoms in total. The Hall–Kier alpha value is 0.815. The Morgan fingerprint density at radius 3 is 2.38 bits per heavy atom. The third-order valence-corrected chi connectivity index (χ3v) is 0.767. The molecule has 8 heavy (non-hydrogen) atoms. The molecule has 0 aliphatic carbocycles. The molecular weight excluding hydrogens is 178 g/mol. The van der Waals surface area contributed by atoms with E-state index in [4.69, 9.17) is 0 Å². The number of hydrogen-bond donors (Lipinski definition) is 2. The zero-order valence-electron chi connectivity index (χ0n) is 4.91. The smallest absolute Gasteiger partial charge is 0.408 e. The van der Waals surface area contributed by atoms with Crippen molar-refractivity contribution in [3.63, 3.8) is 0 Å². The van der Waals surface area contributed by atoms with Gasteiger partial charge in [0.05, 0.1) is 0 Å². The van der Waals surface area contributed by atoms with Crippen LogP contribution in [0.4, 0.5) is 0 Å². The third kappa shape index (κ3) is 1.97. The van der Waals surface area contributed by atoms with E-state index in [1.54, 1.807) is 6.92 Å². The molecule has 0 unspecified atom stereocenters. The SMILES string of the molecule is Cc1[c-][nH][nH]c1=O.[Rb+]. The fourth-order valence-corrected chi connectivity index (χ4v) is 0.332. The fraction of sp³-hybridized carbons (Fsp3) is 0.250. The molecule has 0 aliphatic rings. The van der Waals surface area contributed by atoms with Crippen LogP contribution in [0.25, 0.3) is 0 Å². The zero-order chi connectivity index (χ0) is 5.28. The summed E-state index contributed by atoms with van der Waals surface area (Å²) in [6.45, 7) is 1.69. The van der Waals surface area contributed by atoms with Crippen molar-refractivity contribution in [2.24, 2.45) is 0 Å². The van der Waals surface area contributed by atoms with Crippen LogP contribution >= 0.6 is 0 Å². The van der Waals surface area contributed by atoms with Crippen molar-refractivity contribution in [3.05, 3.63) is 22.1 Å². The molecule has 0 aliphatic heterocycles. The molecule has 0 spiro atoms. The molecule has 0 fully saturated rings. The fourth-order valence-electron chi connectivity index (χ4n) is 0.332. The number of H-pyrrole nitrogens is 2. The predicted molar refractivity (Wildman–Crippen MR) is 25.0 cm³/mol. The second-order valence-corrected chi connectivity index (χ2v) is 1.33. The maximum atomic E-state index is 10.3. The quantitative estimate of drug-likeness (QED) is 0.409. The van der Waals surface area contributed by atoms with Gasteiger partial charge in [-0.25, -0.2) is 0 Å². The number of hydrogen-bond acceptors (Lipinski definition) is 1. The predicted octanol–water partition coefficient (Wildman–Crippen LogP) is -3.18. The van der Waals surface area contributed by atoms with Crippen LogP contribution < -0.4 is 63.7 Å². The summed E-state index contributed by atoms with van der Waals surface area (Å²) < 4.78 is 0. The Morgan fingerprint density at radius 1 is 1.62 bits per heavy atom. The molecule has 1 heterocycles. The van der Waals surface area contributed by atoms with E-state index in [1.807, 2.05) is 0 Å². The maximum absolute atomic E-state index is 10.3. The average Bonchev–Trinajstić information content (AvgIpc) is 1.91. The van der Waals surface area contributed by atoms with Crippen molar-refractivity contribution in [1.29, 1.82) is 0 Å².